The van der Waals surface area contributed by atoms with Gasteiger partial charge in [-0.15, -0.1) is 11.3 Å². The third-order valence-corrected chi connectivity index (χ3v) is 3.95. The molecule has 0 spiro atoms. The zero-order chi connectivity index (χ0) is 12.5. The molecule has 1 aliphatic rings. The van der Waals surface area contributed by atoms with E-state index in [4.69, 9.17) is 16.3 Å². The number of halogens is 1. The first-order valence-electron chi connectivity index (χ1n) is 5.79. The minimum Gasteiger partial charge on any atom is -0.490 e. The molecule has 0 aliphatic heterocycles. The van der Waals surface area contributed by atoms with E-state index < -0.39 is 0 Å². The van der Waals surface area contributed by atoms with Crippen LogP contribution in [0.5, 0.6) is 5.75 Å². The van der Waals surface area contributed by atoms with Gasteiger partial charge in [-0.05, 0) is 37.1 Å². The molecule has 1 aromatic carbocycles. The molecule has 4 heteroatoms. The molecule has 0 amide bonds. The Labute approximate surface area is 114 Å². The van der Waals surface area contributed by atoms with Crippen molar-refractivity contribution in [1.82, 2.24) is 0 Å². The lowest BCUT2D eigenvalue weighted by Crippen LogP contribution is -2.01. The molecule has 1 aliphatic carbocycles. The highest BCUT2D eigenvalue weighted by molar-refractivity contribution is 7.18. The number of thiophene rings is 1. The summed E-state index contributed by atoms with van der Waals surface area (Å²) < 4.78 is 6.31. The van der Waals surface area contributed by atoms with Crippen LogP contribution >= 0.6 is 22.9 Å². The van der Waals surface area contributed by atoms with Crippen LogP contribution in [0.4, 0.5) is 0 Å². The minimum absolute atomic E-state index is 0.00635. The van der Waals surface area contributed by atoms with Gasteiger partial charge in [-0.1, -0.05) is 23.7 Å². The van der Waals surface area contributed by atoms with Gasteiger partial charge in [0.25, 0.3) is 0 Å². The van der Waals surface area contributed by atoms with Gasteiger partial charge in [0.2, 0.25) is 5.78 Å². The van der Waals surface area contributed by atoms with Crippen molar-refractivity contribution < 1.29 is 9.53 Å². The van der Waals surface area contributed by atoms with E-state index in [0.717, 1.165) is 18.6 Å². The van der Waals surface area contributed by atoms with Gasteiger partial charge in [-0.3, -0.25) is 4.79 Å². The highest BCUT2D eigenvalue weighted by Gasteiger charge is 2.23. The monoisotopic (exact) mass is 278 g/mol. The third kappa shape index (κ3) is 2.57. The lowest BCUT2D eigenvalue weighted by molar-refractivity contribution is 0.104. The number of benzene rings is 1. The SMILES string of the molecule is O=C(c1cccc(OC2CC2)c1)c1ccc(Cl)s1. The molecule has 3 rings (SSSR count). The number of ether oxygens (including phenoxy) is 1. The smallest absolute Gasteiger partial charge is 0.203 e. The van der Waals surface area contributed by atoms with Gasteiger partial charge < -0.3 is 4.74 Å². The average molecular weight is 279 g/mol. The van der Waals surface area contributed by atoms with E-state index in [1.807, 2.05) is 12.1 Å². The normalized spacial score (nSPS) is 14.5. The molecule has 0 bridgehead atoms. The van der Waals surface area contributed by atoms with Crippen LogP contribution in [-0.2, 0) is 0 Å². The Kier molecular flexibility index (Phi) is 3.10. The molecule has 2 aromatic rings. The predicted molar refractivity (Wildman–Crippen MR) is 72.9 cm³/mol. The maximum Gasteiger partial charge on any atom is 0.203 e. The molecule has 2 nitrogen and oxygen atoms in total. The van der Waals surface area contributed by atoms with Crippen LogP contribution in [-0.4, -0.2) is 11.9 Å². The van der Waals surface area contributed by atoms with E-state index in [1.165, 1.54) is 11.3 Å². The predicted octanol–water partition coefficient (Wildman–Crippen LogP) is 4.17. The van der Waals surface area contributed by atoms with E-state index in [9.17, 15) is 4.79 Å². The number of carbonyl (C=O) groups excluding carboxylic acids is 1. The molecule has 1 aromatic heterocycles. The third-order valence-electron chi connectivity index (χ3n) is 2.72. The van der Waals surface area contributed by atoms with Crippen LogP contribution < -0.4 is 4.74 Å². The lowest BCUT2D eigenvalue weighted by atomic mass is 10.1. The molecular weight excluding hydrogens is 268 g/mol. The van der Waals surface area contributed by atoms with Crippen molar-refractivity contribution in [1.29, 1.82) is 0 Å². The van der Waals surface area contributed by atoms with Crippen molar-refractivity contribution in [3.63, 3.8) is 0 Å². The van der Waals surface area contributed by atoms with E-state index in [2.05, 4.69) is 0 Å². The van der Waals surface area contributed by atoms with Gasteiger partial charge in [0.05, 0.1) is 15.3 Å². The lowest BCUT2D eigenvalue weighted by Gasteiger charge is -2.05. The van der Waals surface area contributed by atoms with Crippen molar-refractivity contribution in [2.75, 3.05) is 0 Å². The largest absolute Gasteiger partial charge is 0.490 e. The van der Waals surface area contributed by atoms with Gasteiger partial charge in [-0.2, -0.15) is 0 Å². The first-order valence-corrected chi connectivity index (χ1v) is 6.98. The fourth-order valence-electron chi connectivity index (χ4n) is 1.67. The van der Waals surface area contributed by atoms with Crippen molar-refractivity contribution in [2.24, 2.45) is 0 Å². The van der Waals surface area contributed by atoms with E-state index in [1.54, 1.807) is 24.3 Å². The molecule has 0 unspecified atom stereocenters. The molecule has 0 atom stereocenters. The number of ketones is 1. The Morgan fingerprint density at radius 3 is 2.78 bits per heavy atom. The fourth-order valence-corrected chi connectivity index (χ4v) is 2.67. The second-order valence-corrected chi connectivity index (χ2v) is 5.99. The van der Waals surface area contributed by atoms with Crippen LogP contribution in [0.25, 0.3) is 0 Å². The summed E-state index contributed by atoms with van der Waals surface area (Å²) in [6.45, 7) is 0. The molecule has 1 saturated carbocycles. The Bertz CT molecular complexity index is 587. The van der Waals surface area contributed by atoms with Crippen molar-refractivity contribution >= 4 is 28.7 Å². The van der Waals surface area contributed by atoms with Gasteiger partial charge in [-0.25, -0.2) is 0 Å². The van der Waals surface area contributed by atoms with Crippen LogP contribution in [0, 0.1) is 0 Å². The van der Waals surface area contributed by atoms with Crippen LogP contribution in [0.15, 0.2) is 36.4 Å². The number of hydrogen-bond acceptors (Lipinski definition) is 3. The number of carbonyl (C=O) groups is 1. The Balaban J connectivity index is 1.84. The summed E-state index contributed by atoms with van der Waals surface area (Å²) in [4.78, 5) is 12.9. The van der Waals surface area contributed by atoms with E-state index >= 15 is 0 Å². The molecule has 0 N–H and O–H groups in total. The second-order valence-electron chi connectivity index (χ2n) is 4.28. The molecule has 1 heterocycles. The zero-order valence-electron chi connectivity index (χ0n) is 9.56. The number of hydrogen-bond donors (Lipinski definition) is 0. The summed E-state index contributed by atoms with van der Waals surface area (Å²) in [5.74, 6) is 0.763. The summed E-state index contributed by atoms with van der Waals surface area (Å²) in [6.07, 6.45) is 2.56. The maximum absolute atomic E-state index is 12.2. The van der Waals surface area contributed by atoms with E-state index in [-0.39, 0.29) is 5.78 Å². The van der Waals surface area contributed by atoms with Crippen LogP contribution in [0.2, 0.25) is 4.34 Å². The van der Waals surface area contributed by atoms with Gasteiger partial charge in [0.15, 0.2) is 0 Å². The molecular formula is C14H11ClO2S. The van der Waals surface area contributed by atoms with Crippen LogP contribution in [0.1, 0.15) is 28.1 Å². The van der Waals surface area contributed by atoms with Crippen molar-refractivity contribution in [3.8, 4) is 5.75 Å². The fraction of sp³-hybridized carbons (Fsp3) is 0.214. The minimum atomic E-state index is -0.00635. The van der Waals surface area contributed by atoms with Gasteiger partial charge in [0, 0.05) is 5.56 Å². The van der Waals surface area contributed by atoms with E-state index in [0.29, 0.717) is 20.9 Å². The van der Waals surface area contributed by atoms with Gasteiger partial charge >= 0.3 is 0 Å². The van der Waals surface area contributed by atoms with Gasteiger partial charge in [0.1, 0.15) is 5.75 Å². The second kappa shape index (κ2) is 4.75. The quantitative estimate of drug-likeness (QED) is 0.785. The summed E-state index contributed by atoms with van der Waals surface area (Å²) >= 11 is 7.14. The molecule has 0 radical (unpaired) electrons. The summed E-state index contributed by atoms with van der Waals surface area (Å²) in [5, 5.41) is 0. The Hall–Kier alpha value is -1.32. The highest BCUT2D eigenvalue weighted by Crippen LogP contribution is 2.28. The standard InChI is InChI=1S/C14H11ClO2S/c15-13-7-6-12(18-13)14(16)9-2-1-3-11(8-9)17-10-4-5-10/h1-3,6-8,10H,4-5H2. The molecule has 1 fully saturated rings. The molecule has 18 heavy (non-hydrogen) atoms. The summed E-state index contributed by atoms with van der Waals surface area (Å²) in [6, 6.07) is 10.8. The maximum atomic E-state index is 12.2. The first kappa shape index (κ1) is 11.8. The zero-order valence-corrected chi connectivity index (χ0v) is 11.1. The van der Waals surface area contributed by atoms with Crippen molar-refractivity contribution in [2.45, 2.75) is 18.9 Å². The topological polar surface area (TPSA) is 26.3 Å². The Morgan fingerprint density at radius 1 is 1.28 bits per heavy atom. The molecule has 92 valence electrons. The Morgan fingerprint density at radius 2 is 2.11 bits per heavy atom. The first-order chi connectivity index (χ1) is 8.72. The summed E-state index contributed by atoms with van der Waals surface area (Å²) in [5.41, 5.74) is 0.645. The van der Waals surface area contributed by atoms with Crippen LogP contribution in [0.3, 0.4) is 0 Å². The number of rotatable bonds is 4. The van der Waals surface area contributed by atoms with Crippen molar-refractivity contribution in [3.05, 3.63) is 51.2 Å². The molecule has 0 saturated heterocycles. The highest BCUT2D eigenvalue weighted by atomic mass is 35.5. The average Bonchev–Trinajstić information content (AvgIpc) is 3.08. The summed E-state index contributed by atoms with van der Waals surface area (Å²) in [7, 11) is 0.